The number of fused-ring (bicyclic) bond motifs is 5. The quantitative estimate of drug-likeness (QED) is 0.630. The van der Waals surface area contributed by atoms with Crippen molar-refractivity contribution < 1.29 is 4.39 Å². The number of imidazole rings is 1. The highest BCUT2D eigenvalue weighted by Crippen LogP contribution is 2.35. The molecule has 1 aromatic carbocycles. The number of nitrogens with one attached hydrogen (secondary N) is 1. The number of nitrogens with zero attached hydrogens (tertiary/aromatic N) is 3. The van der Waals surface area contributed by atoms with Crippen LogP contribution in [0.15, 0.2) is 16.7 Å². The normalized spacial score (nSPS) is 14.9. The Bertz CT molecular complexity index is 861. The van der Waals surface area contributed by atoms with Gasteiger partial charge in [0.15, 0.2) is 5.82 Å². The molecule has 0 radical (unpaired) electrons. The SMILES string of the molecule is Fc1c(Br)c(Cl)cc2c1ncc1nc3n(c12)CCNC3. The number of halogens is 3. The van der Waals surface area contributed by atoms with Gasteiger partial charge in [-0.3, -0.25) is 4.98 Å². The second-order valence-electron chi connectivity index (χ2n) is 4.73. The first-order chi connectivity index (χ1) is 9.66. The van der Waals surface area contributed by atoms with Crippen LogP contribution in [0.4, 0.5) is 4.39 Å². The average Bonchev–Trinajstić information content (AvgIpc) is 2.83. The molecule has 4 rings (SSSR count). The summed E-state index contributed by atoms with van der Waals surface area (Å²) in [7, 11) is 0. The Kier molecular flexibility index (Phi) is 2.73. The minimum atomic E-state index is -0.432. The van der Waals surface area contributed by atoms with Gasteiger partial charge in [0.2, 0.25) is 0 Å². The van der Waals surface area contributed by atoms with Crippen LogP contribution in [0.3, 0.4) is 0 Å². The van der Waals surface area contributed by atoms with Gasteiger partial charge in [0.05, 0.1) is 27.8 Å². The predicted octanol–water partition coefficient (Wildman–Crippen LogP) is 3.24. The zero-order valence-corrected chi connectivity index (χ0v) is 12.6. The third kappa shape index (κ3) is 1.62. The molecule has 7 heteroatoms. The minimum absolute atomic E-state index is 0.249. The summed E-state index contributed by atoms with van der Waals surface area (Å²) in [5, 5.41) is 4.31. The van der Waals surface area contributed by atoms with Crippen molar-refractivity contribution in [2.24, 2.45) is 0 Å². The molecule has 4 nitrogen and oxygen atoms in total. The van der Waals surface area contributed by atoms with E-state index in [9.17, 15) is 4.39 Å². The fraction of sp³-hybridized carbons (Fsp3) is 0.231. The van der Waals surface area contributed by atoms with Crippen molar-refractivity contribution in [3.8, 4) is 0 Å². The van der Waals surface area contributed by atoms with E-state index < -0.39 is 5.82 Å². The number of hydrogen-bond acceptors (Lipinski definition) is 3. The van der Waals surface area contributed by atoms with Gasteiger partial charge in [0.25, 0.3) is 0 Å². The summed E-state index contributed by atoms with van der Waals surface area (Å²) in [6, 6.07) is 1.75. The zero-order valence-electron chi connectivity index (χ0n) is 10.3. The first kappa shape index (κ1) is 12.5. The molecule has 0 atom stereocenters. The van der Waals surface area contributed by atoms with E-state index in [0.29, 0.717) is 22.5 Å². The lowest BCUT2D eigenvalue weighted by Gasteiger charge is -2.16. The fourth-order valence-electron chi connectivity index (χ4n) is 2.68. The van der Waals surface area contributed by atoms with Crippen molar-refractivity contribution >= 4 is 49.5 Å². The highest BCUT2D eigenvalue weighted by atomic mass is 79.9. The predicted molar refractivity (Wildman–Crippen MR) is 79.4 cm³/mol. The van der Waals surface area contributed by atoms with Gasteiger partial charge in [-0.05, 0) is 22.0 Å². The van der Waals surface area contributed by atoms with Crippen LogP contribution in [-0.2, 0) is 13.1 Å². The molecule has 0 saturated carbocycles. The van der Waals surface area contributed by atoms with Gasteiger partial charge in [-0.2, -0.15) is 0 Å². The van der Waals surface area contributed by atoms with E-state index in [2.05, 4.69) is 35.8 Å². The van der Waals surface area contributed by atoms with Gasteiger partial charge in [-0.25, -0.2) is 9.37 Å². The lowest BCUT2D eigenvalue weighted by atomic mass is 10.2. The molecule has 0 aliphatic carbocycles. The number of hydrogen-bond donors (Lipinski definition) is 1. The summed E-state index contributed by atoms with van der Waals surface area (Å²) < 4.78 is 16.6. The molecule has 0 bridgehead atoms. The second kappa shape index (κ2) is 4.38. The summed E-state index contributed by atoms with van der Waals surface area (Å²) in [6.45, 7) is 2.39. The summed E-state index contributed by atoms with van der Waals surface area (Å²) in [5.41, 5.74) is 1.99. The standard InChI is InChI=1S/C13H9BrClFN4/c14-10-7(15)3-6-12(11(10)16)18-4-8-13(6)20-2-1-17-5-9(20)19-8/h3-4,17H,1-2,5H2. The van der Waals surface area contributed by atoms with Crippen molar-refractivity contribution in [3.63, 3.8) is 0 Å². The molecular formula is C13H9BrClFN4. The lowest BCUT2D eigenvalue weighted by Crippen LogP contribution is -2.28. The maximum absolute atomic E-state index is 14.3. The first-order valence-corrected chi connectivity index (χ1v) is 7.36. The summed E-state index contributed by atoms with van der Waals surface area (Å²) in [4.78, 5) is 8.74. The first-order valence-electron chi connectivity index (χ1n) is 6.19. The summed E-state index contributed by atoms with van der Waals surface area (Å²) >= 11 is 9.24. The van der Waals surface area contributed by atoms with Gasteiger partial charge >= 0.3 is 0 Å². The molecule has 1 aliphatic heterocycles. The molecular weight excluding hydrogens is 347 g/mol. The van der Waals surface area contributed by atoms with E-state index in [0.717, 1.165) is 29.9 Å². The summed E-state index contributed by atoms with van der Waals surface area (Å²) in [6.07, 6.45) is 1.62. The molecule has 2 aromatic heterocycles. The number of pyridine rings is 1. The van der Waals surface area contributed by atoms with E-state index in [1.165, 1.54) is 0 Å². The van der Waals surface area contributed by atoms with Crippen LogP contribution >= 0.6 is 27.5 Å². The number of rotatable bonds is 0. The smallest absolute Gasteiger partial charge is 0.165 e. The zero-order chi connectivity index (χ0) is 13.9. The van der Waals surface area contributed by atoms with Crippen LogP contribution in [0, 0.1) is 5.82 Å². The monoisotopic (exact) mass is 354 g/mol. The molecule has 102 valence electrons. The maximum atomic E-state index is 14.3. The van der Waals surface area contributed by atoms with Gasteiger partial charge < -0.3 is 9.88 Å². The molecule has 3 heterocycles. The van der Waals surface area contributed by atoms with Crippen LogP contribution in [-0.4, -0.2) is 21.1 Å². The Balaban J connectivity index is 2.20. The van der Waals surface area contributed by atoms with Crippen molar-refractivity contribution in [1.82, 2.24) is 19.9 Å². The average molecular weight is 356 g/mol. The molecule has 20 heavy (non-hydrogen) atoms. The van der Waals surface area contributed by atoms with Crippen molar-refractivity contribution in [1.29, 1.82) is 0 Å². The van der Waals surface area contributed by atoms with Gasteiger partial charge in [0.1, 0.15) is 16.9 Å². The third-order valence-electron chi connectivity index (χ3n) is 3.58. The van der Waals surface area contributed by atoms with Crippen molar-refractivity contribution in [3.05, 3.63) is 33.4 Å². The Labute approximate surface area is 127 Å². The van der Waals surface area contributed by atoms with Crippen LogP contribution in [0.1, 0.15) is 5.82 Å². The molecule has 1 aliphatic rings. The van der Waals surface area contributed by atoms with Crippen LogP contribution in [0.5, 0.6) is 0 Å². The van der Waals surface area contributed by atoms with E-state index in [1.54, 1.807) is 12.3 Å². The van der Waals surface area contributed by atoms with Gasteiger partial charge in [0, 0.05) is 18.5 Å². The number of aromatic nitrogens is 3. The Morgan fingerprint density at radius 3 is 3.15 bits per heavy atom. The van der Waals surface area contributed by atoms with Crippen LogP contribution < -0.4 is 5.32 Å². The topological polar surface area (TPSA) is 42.7 Å². The molecule has 0 amide bonds. The minimum Gasteiger partial charge on any atom is -0.325 e. The van der Waals surface area contributed by atoms with E-state index in [1.807, 2.05) is 0 Å². The Hall–Kier alpha value is -1.24. The molecule has 0 unspecified atom stereocenters. The second-order valence-corrected chi connectivity index (χ2v) is 5.93. The van der Waals surface area contributed by atoms with E-state index in [4.69, 9.17) is 11.6 Å². The third-order valence-corrected chi connectivity index (χ3v) is 4.88. The van der Waals surface area contributed by atoms with Crippen molar-refractivity contribution in [2.75, 3.05) is 6.54 Å². The van der Waals surface area contributed by atoms with Crippen molar-refractivity contribution in [2.45, 2.75) is 13.1 Å². The molecule has 3 aromatic rings. The molecule has 0 spiro atoms. The van der Waals surface area contributed by atoms with E-state index >= 15 is 0 Å². The Morgan fingerprint density at radius 2 is 2.30 bits per heavy atom. The van der Waals surface area contributed by atoms with E-state index in [-0.39, 0.29) is 4.47 Å². The van der Waals surface area contributed by atoms with Crippen LogP contribution in [0.25, 0.3) is 21.9 Å². The highest BCUT2D eigenvalue weighted by Gasteiger charge is 2.20. The summed E-state index contributed by atoms with van der Waals surface area (Å²) in [5.74, 6) is 0.513. The number of benzene rings is 1. The fourth-order valence-corrected chi connectivity index (χ4v) is 3.17. The van der Waals surface area contributed by atoms with Gasteiger partial charge in [-0.1, -0.05) is 11.6 Å². The molecule has 1 N–H and O–H groups in total. The Morgan fingerprint density at radius 1 is 1.45 bits per heavy atom. The lowest BCUT2D eigenvalue weighted by molar-refractivity contribution is 0.515. The molecule has 0 saturated heterocycles. The highest BCUT2D eigenvalue weighted by molar-refractivity contribution is 9.10. The largest absolute Gasteiger partial charge is 0.325 e. The molecule has 0 fully saturated rings. The van der Waals surface area contributed by atoms with Crippen LogP contribution in [0.2, 0.25) is 5.02 Å². The maximum Gasteiger partial charge on any atom is 0.165 e. The van der Waals surface area contributed by atoms with Gasteiger partial charge in [-0.15, -0.1) is 0 Å².